The SMILES string of the molecule is CCc1nn(C)cc1C(NC)c1nc2c(s1)CCC2. The van der Waals surface area contributed by atoms with Gasteiger partial charge in [-0.05, 0) is 32.7 Å². The van der Waals surface area contributed by atoms with Gasteiger partial charge < -0.3 is 5.32 Å². The second kappa shape index (κ2) is 5.06. The highest BCUT2D eigenvalue weighted by atomic mass is 32.1. The molecular weight excluding hydrogens is 256 g/mol. The predicted octanol–water partition coefficient (Wildman–Crippen LogP) is 2.24. The van der Waals surface area contributed by atoms with Crippen LogP contribution in [-0.2, 0) is 26.3 Å². The van der Waals surface area contributed by atoms with Gasteiger partial charge in [0.15, 0.2) is 0 Å². The van der Waals surface area contributed by atoms with E-state index in [0.717, 1.165) is 18.5 Å². The zero-order valence-corrected chi connectivity index (χ0v) is 12.5. The van der Waals surface area contributed by atoms with Gasteiger partial charge in [0.25, 0.3) is 0 Å². The zero-order valence-electron chi connectivity index (χ0n) is 11.7. The van der Waals surface area contributed by atoms with Gasteiger partial charge in [-0.25, -0.2) is 4.98 Å². The van der Waals surface area contributed by atoms with Gasteiger partial charge in [-0.3, -0.25) is 4.68 Å². The Labute approximate surface area is 117 Å². The smallest absolute Gasteiger partial charge is 0.115 e. The van der Waals surface area contributed by atoms with E-state index in [4.69, 9.17) is 4.98 Å². The monoisotopic (exact) mass is 276 g/mol. The number of hydrogen-bond acceptors (Lipinski definition) is 4. The van der Waals surface area contributed by atoms with Crippen LogP contribution in [0.5, 0.6) is 0 Å². The Kier molecular flexibility index (Phi) is 3.41. The largest absolute Gasteiger partial charge is 0.307 e. The zero-order chi connectivity index (χ0) is 13.4. The average molecular weight is 276 g/mol. The van der Waals surface area contributed by atoms with Crippen LogP contribution < -0.4 is 5.32 Å². The van der Waals surface area contributed by atoms with Gasteiger partial charge in [-0.15, -0.1) is 11.3 Å². The normalized spacial score (nSPS) is 15.7. The Morgan fingerprint density at radius 2 is 2.32 bits per heavy atom. The van der Waals surface area contributed by atoms with Crippen molar-refractivity contribution in [2.24, 2.45) is 7.05 Å². The Bertz CT molecular complexity index is 563. The van der Waals surface area contributed by atoms with Gasteiger partial charge >= 0.3 is 0 Å². The van der Waals surface area contributed by atoms with Crippen molar-refractivity contribution in [2.75, 3.05) is 7.05 Å². The molecule has 19 heavy (non-hydrogen) atoms. The van der Waals surface area contributed by atoms with Crippen molar-refractivity contribution < 1.29 is 0 Å². The molecule has 102 valence electrons. The molecule has 0 fully saturated rings. The highest BCUT2D eigenvalue weighted by Crippen LogP contribution is 2.33. The van der Waals surface area contributed by atoms with Crippen LogP contribution in [0.2, 0.25) is 0 Å². The maximum atomic E-state index is 4.84. The molecule has 1 aliphatic rings. The van der Waals surface area contributed by atoms with Crippen molar-refractivity contribution >= 4 is 11.3 Å². The van der Waals surface area contributed by atoms with Crippen molar-refractivity contribution in [2.45, 2.75) is 38.6 Å². The average Bonchev–Trinajstić information content (AvgIpc) is 3.04. The summed E-state index contributed by atoms with van der Waals surface area (Å²) >= 11 is 1.87. The van der Waals surface area contributed by atoms with Crippen molar-refractivity contribution in [3.63, 3.8) is 0 Å². The Balaban J connectivity index is 1.99. The van der Waals surface area contributed by atoms with E-state index < -0.39 is 0 Å². The second-order valence-electron chi connectivity index (χ2n) is 5.06. The van der Waals surface area contributed by atoms with Gasteiger partial charge in [0, 0.05) is 23.7 Å². The molecule has 0 amide bonds. The lowest BCUT2D eigenvalue weighted by atomic mass is 10.1. The first-order valence-corrected chi connectivity index (χ1v) is 7.72. The van der Waals surface area contributed by atoms with Crippen molar-refractivity contribution in [3.05, 3.63) is 33.0 Å². The Hall–Kier alpha value is -1.20. The van der Waals surface area contributed by atoms with E-state index in [0.29, 0.717) is 0 Å². The van der Waals surface area contributed by atoms with Crippen LogP contribution in [0.25, 0.3) is 0 Å². The van der Waals surface area contributed by atoms with E-state index in [-0.39, 0.29) is 6.04 Å². The summed E-state index contributed by atoms with van der Waals surface area (Å²) in [7, 11) is 3.99. The highest BCUT2D eigenvalue weighted by Gasteiger charge is 2.24. The van der Waals surface area contributed by atoms with E-state index >= 15 is 0 Å². The first-order chi connectivity index (χ1) is 9.22. The fraction of sp³-hybridized carbons (Fsp3) is 0.571. The van der Waals surface area contributed by atoms with Gasteiger partial charge in [-0.2, -0.15) is 5.10 Å². The van der Waals surface area contributed by atoms with Gasteiger partial charge in [-0.1, -0.05) is 6.92 Å². The number of nitrogens with one attached hydrogen (secondary N) is 1. The molecule has 0 saturated heterocycles. The third-order valence-corrected chi connectivity index (χ3v) is 4.95. The van der Waals surface area contributed by atoms with Crippen molar-refractivity contribution in [3.8, 4) is 0 Å². The molecule has 0 radical (unpaired) electrons. The second-order valence-corrected chi connectivity index (χ2v) is 6.17. The predicted molar refractivity (Wildman–Crippen MR) is 77.6 cm³/mol. The van der Waals surface area contributed by atoms with Gasteiger partial charge in [0.05, 0.1) is 17.4 Å². The third kappa shape index (κ3) is 2.21. The maximum Gasteiger partial charge on any atom is 0.115 e. The van der Waals surface area contributed by atoms with Crippen LogP contribution in [0, 0.1) is 0 Å². The lowest BCUT2D eigenvalue weighted by Crippen LogP contribution is -2.18. The molecule has 2 heterocycles. The van der Waals surface area contributed by atoms with Crippen LogP contribution in [0.1, 0.15) is 46.2 Å². The van der Waals surface area contributed by atoms with E-state index in [2.05, 4.69) is 23.5 Å². The van der Waals surface area contributed by atoms with Crippen LogP contribution >= 0.6 is 11.3 Å². The van der Waals surface area contributed by atoms with E-state index in [1.165, 1.54) is 34.0 Å². The minimum absolute atomic E-state index is 0.180. The molecule has 5 heteroatoms. The highest BCUT2D eigenvalue weighted by molar-refractivity contribution is 7.11. The van der Waals surface area contributed by atoms with Crippen LogP contribution in [-0.4, -0.2) is 21.8 Å². The summed E-state index contributed by atoms with van der Waals surface area (Å²) in [6.45, 7) is 2.15. The lowest BCUT2D eigenvalue weighted by Gasteiger charge is -2.13. The van der Waals surface area contributed by atoms with Gasteiger partial charge in [0.2, 0.25) is 0 Å². The van der Waals surface area contributed by atoms with Crippen LogP contribution in [0.3, 0.4) is 0 Å². The molecule has 0 aliphatic heterocycles. The number of rotatable bonds is 4. The molecule has 4 nitrogen and oxygen atoms in total. The minimum Gasteiger partial charge on any atom is -0.307 e. The molecule has 0 spiro atoms. The van der Waals surface area contributed by atoms with Crippen molar-refractivity contribution in [1.82, 2.24) is 20.1 Å². The van der Waals surface area contributed by atoms with Crippen LogP contribution in [0.15, 0.2) is 6.20 Å². The summed E-state index contributed by atoms with van der Waals surface area (Å²) < 4.78 is 1.90. The standard InChI is InChI=1S/C14H20N4S/c1-4-10-9(8-18(3)17-10)13(15-2)14-16-11-6-5-7-12(11)19-14/h8,13,15H,4-7H2,1-3H3. The molecule has 0 bridgehead atoms. The van der Waals surface area contributed by atoms with Crippen molar-refractivity contribution in [1.29, 1.82) is 0 Å². The summed E-state index contributed by atoms with van der Waals surface area (Å²) in [4.78, 5) is 6.33. The Morgan fingerprint density at radius 1 is 1.47 bits per heavy atom. The molecule has 1 aliphatic carbocycles. The van der Waals surface area contributed by atoms with E-state index in [1.807, 2.05) is 30.1 Å². The molecule has 2 aromatic rings. The first-order valence-electron chi connectivity index (χ1n) is 6.91. The van der Waals surface area contributed by atoms with E-state index in [9.17, 15) is 0 Å². The maximum absolute atomic E-state index is 4.84. The quantitative estimate of drug-likeness (QED) is 0.931. The first kappa shape index (κ1) is 12.8. The summed E-state index contributed by atoms with van der Waals surface area (Å²) in [5.41, 5.74) is 3.75. The van der Waals surface area contributed by atoms with Crippen LogP contribution in [0.4, 0.5) is 0 Å². The number of thiazole rings is 1. The molecule has 1 unspecified atom stereocenters. The summed E-state index contributed by atoms with van der Waals surface area (Å²) in [5.74, 6) is 0. The summed E-state index contributed by atoms with van der Waals surface area (Å²) in [6, 6.07) is 0.180. The molecule has 3 rings (SSSR count). The lowest BCUT2D eigenvalue weighted by molar-refractivity contribution is 0.675. The number of fused-ring (bicyclic) bond motifs is 1. The molecular formula is C14H20N4S. The summed E-state index contributed by atoms with van der Waals surface area (Å²) in [5, 5.41) is 9.14. The fourth-order valence-corrected chi connectivity index (χ4v) is 4.10. The fourth-order valence-electron chi connectivity index (χ4n) is 2.81. The number of aromatic nitrogens is 3. The molecule has 1 N–H and O–H groups in total. The van der Waals surface area contributed by atoms with E-state index in [1.54, 1.807) is 0 Å². The Morgan fingerprint density at radius 3 is 3.00 bits per heavy atom. The molecule has 2 aromatic heterocycles. The number of aryl methyl sites for hydroxylation is 4. The number of hydrogen-bond donors (Lipinski definition) is 1. The third-order valence-electron chi connectivity index (χ3n) is 3.73. The molecule has 0 saturated carbocycles. The summed E-state index contributed by atoms with van der Waals surface area (Å²) in [6.07, 6.45) is 6.70. The minimum atomic E-state index is 0.180. The number of nitrogens with zero attached hydrogens (tertiary/aromatic N) is 3. The van der Waals surface area contributed by atoms with Gasteiger partial charge in [0.1, 0.15) is 5.01 Å². The molecule has 1 atom stereocenters. The topological polar surface area (TPSA) is 42.7 Å². The molecule has 0 aromatic carbocycles.